The van der Waals surface area contributed by atoms with Gasteiger partial charge in [-0.25, -0.2) is 4.39 Å². The van der Waals surface area contributed by atoms with Gasteiger partial charge in [-0.3, -0.25) is 9.36 Å². The van der Waals surface area contributed by atoms with E-state index in [-0.39, 0.29) is 41.0 Å². The molecule has 184 valence electrons. The second kappa shape index (κ2) is 10.2. The fraction of sp³-hybridized carbons (Fsp3) is 0.269. The molecule has 0 fully saturated rings. The van der Waals surface area contributed by atoms with Crippen LogP contribution in [0.4, 0.5) is 13.2 Å². The number of esters is 1. The molecule has 0 atom stereocenters. The Hall–Kier alpha value is -3.88. The second-order valence-corrected chi connectivity index (χ2v) is 7.81. The predicted molar refractivity (Wildman–Crippen MR) is 125 cm³/mol. The molecule has 0 aliphatic carbocycles. The van der Waals surface area contributed by atoms with Gasteiger partial charge in [0.1, 0.15) is 17.3 Å². The number of fused-ring (bicyclic) bond motifs is 2. The van der Waals surface area contributed by atoms with Gasteiger partial charge >= 0.3 is 12.6 Å². The first-order valence-electron chi connectivity index (χ1n) is 11.2. The van der Waals surface area contributed by atoms with Crippen LogP contribution in [0, 0.1) is 5.82 Å². The third-order valence-corrected chi connectivity index (χ3v) is 5.45. The van der Waals surface area contributed by atoms with E-state index in [1.165, 1.54) is 18.3 Å². The average molecular weight is 487 g/mol. The molecular weight excluding hydrogens is 463 g/mol. The molecule has 0 bridgehead atoms. The first-order chi connectivity index (χ1) is 16.8. The molecule has 0 unspecified atom stereocenters. The molecular formula is C26H24F3NO5. The molecule has 6 nitrogen and oxygen atoms in total. The van der Waals surface area contributed by atoms with Crippen molar-refractivity contribution in [3.63, 3.8) is 0 Å². The van der Waals surface area contributed by atoms with Crippen LogP contribution in [-0.2, 0) is 16.0 Å². The number of alkyl halides is 2. The summed E-state index contributed by atoms with van der Waals surface area (Å²) in [6, 6.07) is 10.8. The van der Waals surface area contributed by atoms with Crippen LogP contribution in [0.3, 0.4) is 0 Å². The monoisotopic (exact) mass is 487 g/mol. The Morgan fingerprint density at radius 1 is 1.06 bits per heavy atom. The van der Waals surface area contributed by atoms with Gasteiger partial charge < -0.3 is 19.3 Å². The average Bonchev–Trinajstić information content (AvgIpc) is 3.15. The van der Waals surface area contributed by atoms with Crippen molar-refractivity contribution in [2.75, 3.05) is 13.2 Å². The van der Waals surface area contributed by atoms with Crippen molar-refractivity contribution in [3.8, 4) is 23.1 Å². The van der Waals surface area contributed by atoms with Crippen LogP contribution in [0.15, 0.2) is 48.7 Å². The van der Waals surface area contributed by atoms with E-state index in [0.717, 1.165) is 10.6 Å². The molecule has 4 rings (SSSR count). The number of benzene rings is 3. The van der Waals surface area contributed by atoms with Crippen LogP contribution in [-0.4, -0.2) is 35.5 Å². The first-order valence-corrected chi connectivity index (χ1v) is 11.2. The lowest BCUT2D eigenvalue weighted by molar-refractivity contribution is -0.142. The van der Waals surface area contributed by atoms with Crippen LogP contribution in [0.1, 0.15) is 25.8 Å². The SMILES string of the molecule is CCCOc1c2ccccc2c(OC(F)F)c2cn(-c3ccc(CC(=O)OCC)cc3F)c(O)c12. The summed E-state index contributed by atoms with van der Waals surface area (Å²) in [5, 5.41) is 12.3. The fourth-order valence-electron chi connectivity index (χ4n) is 4.04. The van der Waals surface area contributed by atoms with Gasteiger partial charge in [0, 0.05) is 17.0 Å². The number of nitrogens with zero attached hydrogens (tertiary/aromatic N) is 1. The Morgan fingerprint density at radius 3 is 2.40 bits per heavy atom. The van der Waals surface area contributed by atoms with E-state index in [2.05, 4.69) is 0 Å². The highest BCUT2D eigenvalue weighted by atomic mass is 19.3. The topological polar surface area (TPSA) is 69.9 Å². The van der Waals surface area contributed by atoms with E-state index < -0.39 is 24.3 Å². The van der Waals surface area contributed by atoms with Crippen molar-refractivity contribution in [1.82, 2.24) is 4.57 Å². The number of ether oxygens (including phenoxy) is 3. The molecule has 3 aromatic carbocycles. The maximum Gasteiger partial charge on any atom is 0.387 e. The number of carbonyl (C=O) groups excluding carboxylic acids is 1. The minimum atomic E-state index is -3.12. The predicted octanol–water partition coefficient (Wildman–Crippen LogP) is 6.12. The molecule has 0 saturated heterocycles. The van der Waals surface area contributed by atoms with E-state index in [9.17, 15) is 18.7 Å². The molecule has 1 N–H and O–H groups in total. The summed E-state index contributed by atoms with van der Waals surface area (Å²) in [6.45, 7) is 0.994. The van der Waals surface area contributed by atoms with E-state index >= 15 is 4.39 Å². The number of aromatic nitrogens is 1. The third-order valence-electron chi connectivity index (χ3n) is 5.45. The van der Waals surface area contributed by atoms with Crippen LogP contribution < -0.4 is 9.47 Å². The standard InChI is InChI=1S/C26H24F3NO5/c1-3-11-34-24-17-8-6-5-7-16(17)23(35-26(28)29)18-14-30(25(32)22(18)24)20-10-9-15(12-19(20)27)13-21(31)33-4-2/h5-10,12,14,26,32H,3-4,11,13H2,1-2H3. The fourth-order valence-corrected chi connectivity index (χ4v) is 4.04. The van der Waals surface area contributed by atoms with Gasteiger partial charge in [0.25, 0.3) is 0 Å². The molecule has 0 saturated carbocycles. The molecule has 1 heterocycles. The van der Waals surface area contributed by atoms with Gasteiger partial charge in [0.05, 0.1) is 36.1 Å². The lowest BCUT2D eigenvalue weighted by Crippen LogP contribution is -2.08. The lowest BCUT2D eigenvalue weighted by Gasteiger charge is -2.15. The number of carbonyl (C=O) groups is 1. The van der Waals surface area contributed by atoms with E-state index in [0.29, 0.717) is 29.4 Å². The summed E-state index contributed by atoms with van der Waals surface area (Å²) in [6.07, 6.45) is 1.89. The lowest BCUT2D eigenvalue weighted by atomic mass is 10.0. The summed E-state index contributed by atoms with van der Waals surface area (Å²) in [5.41, 5.74) is 0.347. The third kappa shape index (κ3) is 4.71. The van der Waals surface area contributed by atoms with Crippen LogP contribution >= 0.6 is 0 Å². The number of aromatic hydroxyl groups is 1. The Balaban J connectivity index is 1.93. The minimum Gasteiger partial charge on any atom is -0.494 e. The zero-order valence-corrected chi connectivity index (χ0v) is 19.2. The molecule has 1 aromatic heterocycles. The summed E-state index contributed by atoms with van der Waals surface area (Å²) < 4.78 is 58.6. The maximum absolute atomic E-state index is 15.1. The molecule has 35 heavy (non-hydrogen) atoms. The highest BCUT2D eigenvalue weighted by Crippen LogP contribution is 2.48. The highest BCUT2D eigenvalue weighted by Gasteiger charge is 2.25. The van der Waals surface area contributed by atoms with Crippen molar-refractivity contribution in [3.05, 3.63) is 60.0 Å². The molecule has 0 aliphatic heterocycles. The molecule has 0 amide bonds. The van der Waals surface area contributed by atoms with E-state index in [1.54, 1.807) is 31.2 Å². The Labute approximate surface area is 199 Å². The first kappa shape index (κ1) is 24.3. The number of rotatable bonds is 9. The van der Waals surface area contributed by atoms with E-state index in [1.807, 2.05) is 6.92 Å². The zero-order chi connectivity index (χ0) is 25.1. The summed E-state index contributed by atoms with van der Waals surface area (Å²) in [7, 11) is 0. The Bertz CT molecular complexity index is 1380. The molecule has 4 aromatic rings. The minimum absolute atomic E-state index is 0.0418. The van der Waals surface area contributed by atoms with Crippen molar-refractivity contribution in [2.24, 2.45) is 0 Å². The normalized spacial score (nSPS) is 11.4. The van der Waals surface area contributed by atoms with Crippen LogP contribution in [0.25, 0.3) is 27.2 Å². The molecule has 0 spiro atoms. The van der Waals surface area contributed by atoms with Crippen molar-refractivity contribution < 1.29 is 37.3 Å². The summed E-state index contributed by atoms with van der Waals surface area (Å²) in [5.74, 6) is -1.47. The van der Waals surface area contributed by atoms with Crippen molar-refractivity contribution >= 4 is 27.5 Å². The van der Waals surface area contributed by atoms with Crippen LogP contribution in [0.2, 0.25) is 0 Å². The second-order valence-electron chi connectivity index (χ2n) is 7.81. The molecule has 0 radical (unpaired) electrons. The quantitative estimate of drug-likeness (QED) is 0.288. The van der Waals surface area contributed by atoms with Gasteiger partial charge in [0.15, 0.2) is 0 Å². The molecule has 9 heteroatoms. The number of halogens is 3. The number of hydrogen-bond acceptors (Lipinski definition) is 5. The largest absolute Gasteiger partial charge is 0.494 e. The van der Waals surface area contributed by atoms with Gasteiger partial charge in [-0.2, -0.15) is 8.78 Å². The van der Waals surface area contributed by atoms with E-state index in [4.69, 9.17) is 14.2 Å². The summed E-state index contributed by atoms with van der Waals surface area (Å²) >= 11 is 0. The van der Waals surface area contributed by atoms with Gasteiger partial charge in [-0.1, -0.05) is 37.3 Å². The summed E-state index contributed by atoms with van der Waals surface area (Å²) in [4.78, 5) is 11.7. The smallest absolute Gasteiger partial charge is 0.387 e. The Kier molecular flexibility index (Phi) is 7.04. The van der Waals surface area contributed by atoms with Gasteiger partial charge in [-0.05, 0) is 31.0 Å². The van der Waals surface area contributed by atoms with Gasteiger partial charge in [0.2, 0.25) is 5.88 Å². The zero-order valence-electron chi connectivity index (χ0n) is 19.2. The number of hydrogen-bond donors (Lipinski definition) is 1. The molecule has 0 aliphatic rings. The Morgan fingerprint density at radius 2 is 1.77 bits per heavy atom. The van der Waals surface area contributed by atoms with Crippen molar-refractivity contribution in [2.45, 2.75) is 33.3 Å². The highest BCUT2D eigenvalue weighted by molar-refractivity contribution is 6.13. The van der Waals surface area contributed by atoms with Gasteiger partial charge in [-0.15, -0.1) is 0 Å². The van der Waals surface area contributed by atoms with Crippen LogP contribution in [0.5, 0.6) is 17.4 Å². The maximum atomic E-state index is 15.1. The van der Waals surface area contributed by atoms with Crippen molar-refractivity contribution in [1.29, 1.82) is 0 Å².